The van der Waals surface area contributed by atoms with Crippen LogP contribution in [-0.2, 0) is 0 Å². The molecule has 0 amide bonds. The lowest BCUT2D eigenvalue weighted by molar-refractivity contribution is 1.22. The number of fused-ring (bicyclic) bond motifs is 4. The number of hydrogen-bond donors (Lipinski definition) is 2. The number of hydrogen-bond acceptors (Lipinski definition) is 4. The Morgan fingerprint density at radius 3 is 2.83 bits per heavy atom. The molecule has 3 heterocycles. The van der Waals surface area contributed by atoms with E-state index in [2.05, 4.69) is 37.4 Å². The van der Waals surface area contributed by atoms with Crippen LogP contribution in [0, 0.1) is 0 Å². The summed E-state index contributed by atoms with van der Waals surface area (Å²) < 4.78 is 0. The second-order valence-electron chi connectivity index (χ2n) is 5.65. The topological polar surface area (TPSA) is 66.5 Å². The smallest absolute Gasteiger partial charge is 0.158 e. The van der Waals surface area contributed by atoms with Crippen molar-refractivity contribution in [1.82, 2.24) is 19.9 Å². The highest BCUT2D eigenvalue weighted by Crippen LogP contribution is 2.29. The van der Waals surface area contributed by atoms with E-state index in [4.69, 9.17) is 0 Å². The van der Waals surface area contributed by atoms with Gasteiger partial charge in [0.2, 0.25) is 0 Å². The van der Waals surface area contributed by atoms with Gasteiger partial charge < -0.3 is 10.3 Å². The molecule has 5 rings (SSSR count). The fourth-order valence-electron chi connectivity index (χ4n) is 3.03. The summed E-state index contributed by atoms with van der Waals surface area (Å²) in [5.74, 6) is 0.763. The van der Waals surface area contributed by atoms with Crippen molar-refractivity contribution in [2.45, 2.75) is 0 Å². The molecule has 0 aliphatic carbocycles. The van der Waals surface area contributed by atoms with E-state index in [0.29, 0.717) is 0 Å². The monoisotopic (exact) mass is 311 g/mol. The molecule has 2 aromatic carbocycles. The van der Waals surface area contributed by atoms with Gasteiger partial charge in [0.25, 0.3) is 0 Å². The van der Waals surface area contributed by atoms with Crippen molar-refractivity contribution in [3.8, 4) is 0 Å². The first-order valence-electron chi connectivity index (χ1n) is 7.72. The zero-order valence-corrected chi connectivity index (χ0v) is 12.7. The molecule has 0 unspecified atom stereocenters. The average molecular weight is 311 g/mol. The Labute approximate surface area is 137 Å². The summed E-state index contributed by atoms with van der Waals surface area (Å²) in [5.41, 5.74) is 4.82. The first-order chi connectivity index (χ1) is 11.9. The first-order valence-corrected chi connectivity index (χ1v) is 7.72. The number of H-pyrrole nitrogens is 1. The quantitative estimate of drug-likeness (QED) is 0.507. The Bertz CT molecular complexity index is 1190. The molecule has 0 saturated carbocycles. The predicted octanol–water partition coefficient (Wildman–Crippen LogP) is 4.40. The molecule has 0 bridgehead atoms. The molecule has 114 valence electrons. The fourth-order valence-corrected chi connectivity index (χ4v) is 3.03. The molecule has 5 heteroatoms. The van der Waals surface area contributed by atoms with Crippen LogP contribution in [0.15, 0.2) is 67.1 Å². The number of rotatable bonds is 2. The standard InChI is InChI=1S/C19H13N5/c1-2-6-16-14(5-1)17-18(24-16)19(22-11-21-17)23-13-7-8-15-12(10-13)4-3-9-20-15/h1-11,24H,(H,21,22,23). The number of pyridine rings is 1. The number of benzene rings is 2. The van der Waals surface area contributed by atoms with E-state index < -0.39 is 0 Å². The highest BCUT2D eigenvalue weighted by molar-refractivity contribution is 6.08. The zero-order chi connectivity index (χ0) is 15.9. The molecular formula is C19H13N5. The Balaban J connectivity index is 1.65. The van der Waals surface area contributed by atoms with Gasteiger partial charge in [-0.05, 0) is 30.3 Å². The van der Waals surface area contributed by atoms with Crippen LogP contribution in [0.25, 0.3) is 32.8 Å². The van der Waals surface area contributed by atoms with Gasteiger partial charge in [-0.25, -0.2) is 9.97 Å². The van der Waals surface area contributed by atoms with E-state index in [0.717, 1.165) is 44.3 Å². The molecule has 0 spiro atoms. The minimum Gasteiger partial charge on any atom is -0.350 e. The van der Waals surface area contributed by atoms with Crippen LogP contribution in [0.3, 0.4) is 0 Å². The van der Waals surface area contributed by atoms with Crippen LogP contribution in [0.1, 0.15) is 0 Å². The van der Waals surface area contributed by atoms with Crippen LogP contribution in [0.4, 0.5) is 11.5 Å². The summed E-state index contributed by atoms with van der Waals surface area (Å²) >= 11 is 0. The number of anilines is 2. The lowest BCUT2D eigenvalue weighted by atomic mass is 10.2. The largest absolute Gasteiger partial charge is 0.350 e. The molecule has 0 aliphatic heterocycles. The molecule has 5 aromatic rings. The lowest BCUT2D eigenvalue weighted by Gasteiger charge is -2.07. The van der Waals surface area contributed by atoms with Gasteiger partial charge in [0, 0.05) is 28.2 Å². The molecule has 0 aliphatic rings. The minimum absolute atomic E-state index is 0.763. The molecule has 0 fully saturated rings. The van der Waals surface area contributed by atoms with Crippen LogP contribution in [0.2, 0.25) is 0 Å². The van der Waals surface area contributed by atoms with E-state index in [1.807, 2.05) is 42.5 Å². The van der Waals surface area contributed by atoms with Crippen molar-refractivity contribution in [3.05, 3.63) is 67.1 Å². The van der Waals surface area contributed by atoms with Crippen molar-refractivity contribution in [3.63, 3.8) is 0 Å². The molecular weight excluding hydrogens is 298 g/mol. The number of aromatic amines is 1. The summed E-state index contributed by atoms with van der Waals surface area (Å²) in [6, 6.07) is 18.2. The van der Waals surface area contributed by atoms with Crippen LogP contribution >= 0.6 is 0 Å². The molecule has 2 N–H and O–H groups in total. The fraction of sp³-hybridized carbons (Fsp3) is 0. The SMILES string of the molecule is c1cnc2ccc(Nc3ncnc4c3[nH]c3ccccc34)cc2c1. The van der Waals surface area contributed by atoms with Gasteiger partial charge in [-0.2, -0.15) is 0 Å². The van der Waals surface area contributed by atoms with Crippen molar-refractivity contribution < 1.29 is 0 Å². The van der Waals surface area contributed by atoms with Crippen molar-refractivity contribution in [2.24, 2.45) is 0 Å². The molecule has 0 atom stereocenters. The lowest BCUT2D eigenvalue weighted by Crippen LogP contribution is -1.95. The van der Waals surface area contributed by atoms with E-state index in [1.165, 1.54) is 0 Å². The Kier molecular flexibility index (Phi) is 2.72. The van der Waals surface area contributed by atoms with Crippen LogP contribution in [0.5, 0.6) is 0 Å². The summed E-state index contributed by atoms with van der Waals surface area (Å²) in [7, 11) is 0. The van der Waals surface area contributed by atoms with Crippen LogP contribution < -0.4 is 5.32 Å². The number of aromatic nitrogens is 4. The van der Waals surface area contributed by atoms with Crippen molar-refractivity contribution in [2.75, 3.05) is 5.32 Å². The highest BCUT2D eigenvalue weighted by atomic mass is 15.0. The maximum atomic E-state index is 4.43. The summed E-state index contributed by atoms with van der Waals surface area (Å²) in [4.78, 5) is 16.6. The Morgan fingerprint density at radius 2 is 1.83 bits per heavy atom. The third-order valence-electron chi connectivity index (χ3n) is 4.15. The van der Waals surface area contributed by atoms with E-state index >= 15 is 0 Å². The Hall–Kier alpha value is -3.47. The molecule has 0 radical (unpaired) electrons. The minimum atomic E-state index is 0.763. The highest BCUT2D eigenvalue weighted by Gasteiger charge is 2.10. The maximum Gasteiger partial charge on any atom is 0.158 e. The number of nitrogens with one attached hydrogen (secondary N) is 2. The van der Waals surface area contributed by atoms with Gasteiger partial charge in [0.1, 0.15) is 17.4 Å². The maximum absolute atomic E-state index is 4.43. The normalized spacial score (nSPS) is 11.3. The third-order valence-corrected chi connectivity index (χ3v) is 4.15. The van der Waals surface area contributed by atoms with E-state index in [1.54, 1.807) is 12.5 Å². The molecule has 5 nitrogen and oxygen atoms in total. The van der Waals surface area contributed by atoms with Gasteiger partial charge in [-0.3, -0.25) is 4.98 Å². The second kappa shape index (κ2) is 5.03. The van der Waals surface area contributed by atoms with Crippen molar-refractivity contribution in [1.29, 1.82) is 0 Å². The van der Waals surface area contributed by atoms with Gasteiger partial charge in [0.15, 0.2) is 5.82 Å². The number of para-hydroxylation sites is 1. The van der Waals surface area contributed by atoms with E-state index in [9.17, 15) is 0 Å². The van der Waals surface area contributed by atoms with Gasteiger partial charge in [-0.15, -0.1) is 0 Å². The van der Waals surface area contributed by atoms with Crippen molar-refractivity contribution >= 4 is 44.3 Å². The zero-order valence-electron chi connectivity index (χ0n) is 12.7. The molecule has 0 saturated heterocycles. The predicted molar refractivity (Wildman–Crippen MR) is 96.4 cm³/mol. The molecule has 3 aromatic heterocycles. The summed E-state index contributed by atoms with van der Waals surface area (Å²) in [5, 5.41) is 5.58. The summed E-state index contributed by atoms with van der Waals surface area (Å²) in [6.07, 6.45) is 3.39. The summed E-state index contributed by atoms with van der Waals surface area (Å²) in [6.45, 7) is 0. The van der Waals surface area contributed by atoms with Gasteiger partial charge >= 0.3 is 0 Å². The van der Waals surface area contributed by atoms with E-state index in [-0.39, 0.29) is 0 Å². The Morgan fingerprint density at radius 1 is 0.875 bits per heavy atom. The number of nitrogens with zero attached hydrogens (tertiary/aromatic N) is 3. The molecule has 24 heavy (non-hydrogen) atoms. The average Bonchev–Trinajstić information content (AvgIpc) is 3.02. The van der Waals surface area contributed by atoms with Gasteiger partial charge in [-0.1, -0.05) is 24.3 Å². The third kappa shape index (κ3) is 1.99. The van der Waals surface area contributed by atoms with Gasteiger partial charge in [0.05, 0.1) is 5.52 Å². The second-order valence-corrected chi connectivity index (χ2v) is 5.65. The van der Waals surface area contributed by atoms with Crippen LogP contribution in [-0.4, -0.2) is 19.9 Å². The first kappa shape index (κ1) is 13.0.